The van der Waals surface area contributed by atoms with Crippen LogP contribution in [0.2, 0.25) is 0 Å². The molecule has 4 aromatic carbocycles. The Hall–Kier alpha value is -5.26. The molecule has 6 rings (SSSR count). The van der Waals surface area contributed by atoms with Gasteiger partial charge in [-0.2, -0.15) is 26.3 Å². The first kappa shape index (κ1) is 28.3. The van der Waals surface area contributed by atoms with Crippen molar-refractivity contribution in [3.05, 3.63) is 118 Å². The van der Waals surface area contributed by atoms with Gasteiger partial charge < -0.3 is 14.6 Å². The fourth-order valence-corrected chi connectivity index (χ4v) is 4.14. The summed E-state index contributed by atoms with van der Waals surface area (Å²) in [6, 6.07) is 22.0. The summed E-state index contributed by atoms with van der Waals surface area (Å²) >= 11 is 0. The van der Waals surface area contributed by atoms with Crippen molar-refractivity contribution in [2.45, 2.75) is 12.4 Å². The fourth-order valence-electron chi connectivity index (χ4n) is 4.14. The topological polar surface area (TPSA) is 95.4 Å². The molecule has 12 heteroatoms. The number of halogens is 6. The minimum Gasteiger partial charge on any atom is -0.456 e. The largest absolute Gasteiger partial charge is 0.456 e. The zero-order valence-corrected chi connectivity index (χ0v) is 21.2. The van der Waals surface area contributed by atoms with Crippen LogP contribution in [-0.4, -0.2) is 4.92 Å². The number of rotatable bonds is 3. The second-order valence-corrected chi connectivity index (χ2v) is 9.15. The third kappa shape index (κ3) is 6.07. The average molecular weight is 584 g/mol. The minimum atomic E-state index is -4.40. The zero-order chi connectivity index (χ0) is 30.2. The maximum absolute atomic E-state index is 12.5. The smallest absolute Gasteiger partial charge is 0.416 e. The molecule has 0 atom stereocenters. The molecular weight excluding hydrogens is 566 g/mol. The summed E-state index contributed by atoms with van der Waals surface area (Å²) in [5.74, 6) is 0.864. The number of furan rings is 2. The Kier molecular flexibility index (Phi) is 7.15. The third-order valence-corrected chi connectivity index (χ3v) is 6.24. The summed E-state index contributed by atoms with van der Waals surface area (Å²) in [6.45, 7) is 0. The minimum absolute atomic E-state index is 0.0766. The molecule has 2 heterocycles. The number of alkyl halides is 6. The Bertz CT molecular complexity index is 1890. The van der Waals surface area contributed by atoms with Crippen molar-refractivity contribution >= 4 is 33.3 Å². The molecule has 0 saturated carbocycles. The molecule has 6 aromatic rings. The number of nitro benzene ring substituents is 1. The van der Waals surface area contributed by atoms with Gasteiger partial charge >= 0.3 is 12.4 Å². The molecule has 0 amide bonds. The summed E-state index contributed by atoms with van der Waals surface area (Å²) in [6.07, 6.45) is -8.73. The van der Waals surface area contributed by atoms with Crippen molar-refractivity contribution in [2.75, 3.05) is 5.73 Å². The molecule has 0 spiro atoms. The number of anilines is 1. The van der Waals surface area contributed by atoms with Crippen LogP contribution in [0.3, 0.4) is 0 Å². The Morgan fingerprint density at radius 1 is 0.595 bits per heavy atom. The van der Waals surface area contributed by atoms with Gasteiger partial charge in [0, 0.05) is 39.7 Å². The van der Waals surface area contributed by atoms with Gasteiger partial charge in [0.15, 0.2) is 0 Å². The molecule has 42 heavy (non-hydrogen) atoms. The van der Waals surface area contributed by atoms with Gasteiger partial charge in [-0.15, -0.1) is 0 Å². The molecule has 214 valence electrons. The molecule has 0 radical (unpaired) electrons. The van der Waals surface area contributed by atoms with Crippen LogP contribution in [0.15, 0.2) is 106 Å². The van der Waals surface area contributed by atoms with Crippen LogP contribution < -0.4 is 5.73 Å². The number of benzene rings is 4. The lowest BCUT2D eigenvalue weighted by Gasteiger charge is -2.06. The van der Waals surface area contributed by atoms with E-state index in [2.05, 4.69) is 0 Å². The number of fused-ring (bicyclic) bond motifs is 2. The molecule has 0 unspecified atom stereocenters. The first-order valence-corrected chi connectivity index (χ1v) is 12.1. The molecule has 0 aliphatic carbocycles. The zero-order valence-electron chi connectivity index (χ0n) is 21.2. The second kappa shape index (κ2) is 10.6. The predicted molar refractivity (Wildman–Crippen MR) is 144 cm³/mol. The Balaban J connectivity index is 0.000000169. The van der Waals surface area contributed by atoms with Gasteiger partial charge in [-0.3, -0.25) is 10.1 Å². The monoisotopic (exact) mass is 584 g/mol. The highest BCUT2D eigenvalue weighted by Crippen LogP contribution is 2.35. The highest BCUT2D eigenvalue weighted by atomic mass is 19.4. The average Bonchev–Trinajstić information content (AvgIpc) is 3.56. The summed E-state index contributed by atoms with van der Waals surface area (Å²) in [4.78, 5) is 10.2. The van der Waals surface area contributed by atoms with Crippen molar-refractivity contribution in [1.82, 2.24) is 0 Å². The lowest BCUT2D eigenvalue weighted by molar-refractivity contribution is -0.384. The first-order valence-electron chi connectivity index (χ1n) is 12.1. The van der Waals surface area contributed by atoms with Gasteiger partial charge in [-0.1, -0.05) is 24.3 Å². The molecule has 2 N–H and O–H groups in total. The van der Waals surface area contributed by atoms with Crippen molar-refractivity contribution in [2.24, 2.45) is 0 Å². The molecule has 0 aliphatic heterocycles. The van der Waals surface area contributed by atoms with Crippen molar-refractivity contribution < 1.29 is 40.1 Å². The van der Waals surface area contributed by atoms with E-state index < -0.39 is 28.4 Å². The second-order valence-electron chi connectivity index (χ2n) is 9.15. The van der Waals surface area contributed by atoms with Crippen LogP contribution in [0.4, 0.5) is 37.7 Å². The molecule has 2 aromatic heterocycles. The van der Waals surface area contributed by atoms with E-state index >= 15 is 0 Å². The summed E-state index contributed by atoms with van der Waals surface area (Å²) < 4.78 is 86.2. The quantitative estimate of drug-likeness (QED) is 0.0967. The number of nitro groups is 1. The summed E-state index contributed by atoms with van der Waals surface area (Å²) in [5.41, 5.74) is 6.91. The van der Waals surface area contributed by atoms with E-state index in [1.807, 2.05) is 0 Å². The lowest BCUT2D eigenvalue weighted by Crippen LogP contribution is -2.03. The van der Waals surface area contributed by atoms with Gasteiger partial charge in [0.25, 0.3) is 5.69 Å². The summed E-state index contributed by atoms with van der Waals surface area (Å²) in [7, 11) is 0. The molecule has 0 fully saturated rings. The van der Waals surface area contributed by atoms with E-state index in [9.17, 15) is 36.5 Å². The normalized spacial score (nSPS) is 11.9. The number of nitrogen functional groups attached to an aromatic ring is 1. The first-order chi connectivity index (χ1) is 19.8. The number of nitrogens with zero attached hydrogens (tertiary/aromatic N) is 1. The summed E-state index contributed by atoms with van der Waals surface area (Å²) in [5, 5.41) is 12.1. The maximum atomic E-state index is 12.5. The van der Waals surface area contributed by atoms with E-state index in [1.54, 1.807) is 30.3 Å². The van der Waals surface area contributed by atoms with E-state index in [0.29, 0.717) is 44.9 Å². The fraction of sp³-hybridized carbons (Fsp3) is 0.0667. The Labute approximate surface area is 232 Å². The number of hydrogen-bond donors (Lipinski definition) is 1. The SMILES string of the molecule is Nc1ccc2oc(-c3ccc(C(F)(F)F)cc3)cc2c1.O=[N+]([O-])c1ccc2oc(-c3ccc(C(F)(F)F)cc3)cc2c1. The van der Waals surface area contributed by atoms with Crippen molar-refractivity contribution in [3.8, 4) is 22.6 Å². The van der Waals surface area contributed by atoms with Gasteiger partial charge in [-0.25, -0.2) is 0 Å². The highest BCUT2D eigenvalue weighted by molar-refractivity contribution is 5.86. The molecule has 0 bridgehead atoms. The van der Waals surface area contributed by atoms with Crippen LogP contribution in [0.25, 0.3) is 44.6 Å². The van der Waals surface area contributed by atoms with E-state index in [4.69, 9.17) is 14.6 Å². The van der Waals surface area contributed by atoms with Gasteiger partial charge in [0.05, 0.1) is 16.1 Å². The van der Waals surface area contributed by atoms with Crippen LogP contribution in [-0.2, 0) is 12.4 Å². The van der Waals surface area contributed by atoms with E-state index in [0.717, 1.165) is 29.7 Å². The maximum Gasteiger partial charge on any atom is 0.416 e. The Morgan fingerprint density at radius 3 is 1.45 bits per heavy atom. The van der Waals surface area contributed by atoms with Crippen molar-refractivity contribution in [1.29, 1.82) is 0 Å². The van der Waals surface area contributed by atoms with E-state index in [-0.39, 0.29) is 5.69 Å². The van der Waals surface area contributed by atoms with Crippen molar-refractivity contribution in [3.63, 3.8) is 0 Å². The number of hydrogen-bond acceptors (Lipinski definition) is 5. The van der Waals surface area contributed by atoms with E-state index in [1.165, 1.54) is 42.5 Å². The molecule has 6 nitrogen and oxygen atoms in total. The molecule has 0 saturated heterocycles. The number of non-ortho nitro benzene ring substituents is 1. The van der Waals surface area contributed by atoms with Crippen LogP contribution in [0.5, 0.6) is 0 Å². The molecular formula is C30H18F6N2O4. The standard InChI is InChI=1S/C15H8F3NO3.C15H10F3NO/c16-15(17,18)11-3-1-9(2-4-11)14-8-10-7-12(19(20)21)5-6-13(10)22-14;16-15(17,18)11-3-1-9(2-4-11)14-8-10-7-12(19)5-6-13(10)20-14/h1-8H;1-8H,19H2. The van der Waals surface area contributed by atoms with Crippen LogP contribution in [0.1, 0.15) is 11.1 Å². The third-order valence-electron chi connectivity index (χ3n) is 6.24. The number of nitrogens with two attached hydrogens (primary N) is 1. The van der Waals surface area contributed by atoms with Crippen LogP contribution >= 0.6 is 0 Å². The van der Waals surface area contributed by atoms with Gasteiger partial charge in [-0.05, 0) is 60.7 Å². The van der Waals surface area contributed by atoms with Crippen LogP contribution in [0, 0.1) is 10.1 Å². The lowest BCUT2D eigenvalue weighted by atomic mass is 10.1. The highest BCUT2D eigenvalue weighted by Gasteiger charge is 2.31. The molecule has 0 aliphatic rings. The predicted octanol–water partition coefficient (Wildman–Crippen LogP) is 9.73. The van der Waals surface area contributed by atoms with Gasteiger partial charge in [0.2, 0.25) is 0 Å². The van der Waals surface area contributed by atoms with Gasteiger partial charge in [0.1, 0.15) is 22.7 Å². The Morgan fingerprint density at radius 2 is 1.02 bits per heavy atom.